The zero-order chi connectivity index (χ0) is 9.26. The van der Waals surface area contributed by atoms with E-state index >= 15 is 0 Å². The van der Waals surface area contributed by atoms with Gasteiger partial charge in [-0.05, 0) is 30.0 Å². The van der Waals surface area contributed by atoms with Gasteiger partial charge in [-0.15, -0.1) is 0 Å². The number of carbonyl (C=O) groups is 1. The van der Waals surface area contributed by atoms with E-state index in [1.54, 1.807) is 0 Å². The third kappa shape index (κ3) is 1.92. The molecule has 1 fully saturated rings. The summed E-state index contributed by atoms with van der Waals surface area (Å²) in [6.07, 6.45) is 2.45. The molecule has 0 amide bonds. The summed E-state index contributed by atoms with van der Waals surface area (Å²) in [5.41, 5.74) is 1.25. The van der Waals surface area contributed by atoms with E-state index in [-0.39, 0.29) is 0 Å². The van der Waals surface area contributed by atoms with Gasteiger partial charge in [-0.2, -0.15) is 0 Å². The third-order valence-corrected chi connectivity index (χ3v) is 2.84. The van der Waals surface area contributed by atoms with Gasteiger partial charge in [-0.25, -0.2) is 0 Å². The average molecular weight is 195 g/mol. The Labute approximate surface area is 82.7 Å². The quantitative estimate of drug-likeness (QED) is 0.671. The summed E-state index contributed by atoms with van der Waals surface area (Å²) < 4.78 is 0. The second kappa shape index (κ2) is 3.51. The Balaban J connectivity index is 2.17. The summed E-state index contributed by atoms with van der Waals surface area (Å²) in [5, 5.41) is 0.757. The molecule has 1 aromatic rings. The molecule has 0 spiro atoms. The zero-order valence-electron chi connectivity index (χ0n) is 7.29. The molecule has 2 rings (SSSR count). The topological polar surface area (TPSA) is 17.1 Å². The highest BCUT2D eigenvalue weighted by molar-refractivity contribution is 6.30. The number of Topliss-reactive ketones (excluding diaryl/α,β-unsaturated/α-hetero) is 1. The van der Waals surface area contributed by atoms with E-state index in [2.05, 4.69) is 0 Å². The Bertz CT molecular complexity index is 315. The van der Waals surface area contributed by atoms with Gasteiger partial charge >= 0.3 is 0 Å². The summed E-state index contributed by atoms with van der Waals surface area (Å²) >= 11 is 5.78. The molecule has 1 nitrogen and oxygen atoms in total. The van der Waals surface area contributed by atoms with Crippen molar-refractivity contribution in [3.63, 3.8) is 0 Å². The molecule has 0 aliphatic heterocycles. The number of hydrogen-bond donors (Lipinski definition) is 0. The zero-order valence-corrected chi connectivity index (χ0v) is 8.05. The minimum absolute atomic E-state index is 0.389. The van der Waals surface area contributed by atoms with Crippen LogP contribution in [0.1, 0.15) is 30.7 Å². The molecular formula is C11H11ClO. The molecule has 0 radical (unpaired) electrons. The lowest BCUT2D eigenvalue weighted by atomic mass is 9.98. The number of halogens is 1. The van der Waals surface area contributed by atoms with E-state index < -0.39 is 0 Å². The van der Waals surface area contributed by atoms with Crippen molar-refractivity contribution < 1.29 is 4.79 Å². The monoisotopic (exact) mass is 194 g/mol. The highest BCUT2D eigenvalue weighted by atomic mass is 35.5. The van der Waals surface area contributed by atoms with Gasteiger partial charge < -0.3 is 0 Å². The molecule has 1 atom stereocenters. The van der Waals surface area contributed by atoms with Crippen LogP contribution in [-0.2, 0) is 4.79 Å². The van der Waals surface area contributed by atoms with Crippen molar-refractivity contribution >= 4 is 17.4 Å². The number of benzene rings is 1. The summed E-state index contributed by atoms with van der Waals surface area (Å²) in [6.45, 7) is 0. The fraction of sp³-hybridized carbons (Fsp3) is 0.364. The van der Waals surface area contributed by atoms with E-state index in [4.69, 9.17) is 11.6 Å². The van der Waals surface area contributed by atoms with Crippen LogP contribution in [0.3, 0.4) is 0 Å². The van der Waals surface area contributed by atoms with Gasteiger partial charge in [0.25, 0.3) is 0 Å². The normalized spacial score (nSPS) is 22.2. The van der Waals surface area contributed by atoms with Crippen LogP contribution in [0, 0.1) is 0 Å². The first-order valence-corrected chi connectivity index (χ1v) is 4.90. The Morgan fingerprint density at radius 1 is 1.23 bits per heavy atom. The molecule has 1 aromatic carbocycles. The Kier molecular flexibility index (Phi) is 2.36. The molecule has 2 heteroatoms. The fourth-order valence-corrected chi connectivity index (χ4v) is 1.96. The molecule has 1 saturated carbocycles. The molecule has 0 aromatic heterocycles. The predicted molar refractivity (Wildman–Crippen MR) is 53.1 cm³/mol. The standard InChI is InChI=1S/C11H11ClO/c12-10-4-1-8(2-5-10)9-3-6-11(13)7-9/h1-2,4-5,9H,3,6-7H2/t9-/m1/s1. The Morgan fingerprint density at radius 2 is 1.92 bits per heavy atom. The van der Waals surface area contributed by atoms with Crippen molar-refractivity contribution in [1.29, 1.82) is 0 Å². The second-order valence-corrected chi connectivity index (χ2v) is 3.97. The van der Waals surface area contributed by atoms with Crippen LogP contribution >= 0.6 is 11.6 Å². The van der Waals surface area contributed by atoms with Gasteiger partial charge in [-0.1, -0.05) is 23.7 Å². The van der Waals surface area contributed by atoms with Gasteiger partial charge in [0.15, 0.2) is 0 Å². The van der Waals surface area contributed by atoms with Gasteiger partial charge in [0.2, 0.25) is 0 Å². The average Bonchev–Trinajstić information content (AvgIpc) is 2.53. The number of hydrogen-bond acceptors (Lipinski definition) is 1. The summed E-state index contributed by atoms with van der Waals surface area (Å²) in [6, 6.07) is 7.82. The molecule has 0 unspecified atom stereocenters. The van der Waals surface area contributed by atoms with Crippen molar-refractivity contribution in [1.82, 2.24) is 0 Å². The number of ketones is 1. The lowest BCUT2D eigenvalue weighted by Crippen LogP contribution is -1.93. The lowest BCUT2D eigenvalue weighted by molar-refractivity contribution is -0.117. The van der Waals surface area contributed by atoms with E-state index in [0.29, 0.717) is 18.1 Å². The smallest absolute Gasteiger partial charge is 0.133 e. The van der Waals surface area contributed by atoms with Crippen molar-refractivity contribution in [2.24, 2.45) is 0 Å². The molecular weight excluding hydrogens is 184 g/mol. The largest absolute Gasteiger partial charge is 0.300 e. The molecule has 0 saturated heterocycles. The molecule has 68 valence electrons. The predicted octanol–water partition coefficient (Wildman–Crippen LogP) is 3.18. The minimum Gasteiger partial charge on any atom is -0.300 e. The van der Waals surface area contributed by atoms with Crippen LogP contribution in [0.5, 0.6) is 0 Å². The van der Waals surface area contributed by atoms with Crippen molar-refractivity contribution in [3.8, 4) is 0 Å². The molecule has 1 aliphatic carbocycles. The molecule has 0 N–H and O–H groups in total. The molecule has 13 heavy (non-hydrogen) atoms. The van der Waals surface area contributed by atoms with E-state index in [9.17, 15) is 4.79 Å². The van der Waals surface area contributed by atoms with Crippen molar-refractivity contribution in [2.75, 3.05) is 0 Å². The third-order valence-electron chi connectivity index (χ3n) is 2.59. The first-order chi connectivity index (χ1) is 6.25. The fourth-order valence-electron chi connectivity index (χ4n) is 1.83. The first kappa shape index (κ1) is 8.76. The summed E-state index contributed by atoms with van der Waals surface area (Å²) in [4.78, 5) is 11.1. The van der Waals surface area contributed by atoms with Gasteiger partial charge in [0, 0.05) is 17.9 Å². The highest BCUT2D eigenvalue weighted by Gasteiger charge is 2.22. The highest BCUT2D eigenvalue weighted by Crippen LogP contribution is 2.32. The number of carbonyl (C=O) groups excluding carboxylic acids is 1. The second-order valence-electron chi connectivity index (χ2n) is 3.53. The maximum atomic E-state index is 11.1. The van der Waals surface area contributed by atoms with E-state index in [1.165, 1.54) is 5.56 Å². The van der Waals surface area contributed by atoms with Crippen LogP contribution in [0.2, 0.25) is 5.02 Å². The Hall–Kier alpha value is -0.820. The van der Waals surface area contributed by atoms with Crippen molar-refractivity contribution in [3.05, 3.63) is 34.9 Å². The first-order valence-electron chi connectivity index (χ1n) is 4.53. The Morgan fingerprint density at radius 3 is 2.46 bits per heavy atom. The van der Waals surface area contributed by atoms with Gasteiger partial charge in [0.05, 0.1) is 0 Å². The van der Waals surface area contributed by atoms with Crippen molar-refractivity contribution in [2.45, 2.75) is 25.2 Å². The number of rotatable bonds is 1. The molecule has 0 bridgehead atoms. The lowest BCUT2D eigenvalue weighted by Gasteiger charge is -2.07. The SMILES string of the molecule is O=C1CC[C@@H](c2ccc(Cl)cc2)C1. The summed E-state index contributed by atoms with van der Waals surface area (Å²) in [5.74, 6) is 0.824. The molecule has 1 aliphatic rings. The maximum absolute atomic E-state index is 11.1. The van der Waals surface area contributed by atoms with E-state index in [1.807, 2.05) is 24.3 Å². The molecule has 0 heterocycles. The summed E-state index contributed by atoms with van der Waals surface area (Å²) in [7, 11) is 0. The maximum Gasteiger partial charge on any atom is 0.133 e. The van der Waals surface area contributed by atoms with Gasteiger partial charge in [0.1, 0.15) is 5.78 Å². The van der Waals surface area contributed by atoms with Crippen LogP contribution < -0.4 is 0 Å². The minimum atomic E-state index is 0.389. The van der Waals surface area contributed by atoms with Crippen LogP contribution in [0.4, 0.5) is 0 Å². The van der Waals surface area contributed by atoms with Crippen LogP contribution in [0.15, 0.2) is 24.3 Å². The van der Waals surface area contributed by atoms with Gasteiger partial charge in [-0.3, -0.25) is 4.79 Å². The van der Waals surface area contributed by atoms with Crippen LogP contribution in [0.25, 0.3) is 0 Å². The van der Waals surface area contributed by atoms with E-state index in [0.717, 1.165) is 17.9 Å². The van der Waals surface area contributed by atoms with Crippen LogP contribution in [-0.4, -0.2) is 5.78 Å².